The summed E-state index contributed by atoms with van der Waals surface area (Å²) in [6.45, 7) is -2.57. The predicted octanol–water partition coefficient (Wildman–Crippen LogP) is 2.68. The fourth-order valence-electron chi connectivity index (χ4n) is 2.73. The molecular weight excluding hydrogens is 599 g/mol. The number of hydrogen-bond donors (Lipinski definition) is 2. The molecule has 3 rings (SSSR count). The minimum absolute atomic E-state index is 0.0913. The van der Waals surface area contributed by atoms with E-state index in [-0.39, 0.29) is 23.3 Å². The molecule has 1 aromatic carbocycles. The second-order valence-corrected chi connectivity index (χ2v) is 12.4. The van der Waals surface area contributed by atoms with Crippen molar-refractivity contribution in [1.82, 2.24) is 24.6 Å². The first-order valence-corrected chi connectivity index (χ1v) is 15.4. The van der Waals surface area contributed by atoms with Crippen LogP contribution in [0.1, 0.15) is 10.4 Å². The van der Waals surface area contributed by atoms with Crippen molar-refractivity contribution < 1.29 is 41.1 Å². The van der Waals surface area contributed by atoms with Crippen molar-refractivity contribution >= 4 is 46.4 Å². The van der Waals surface area contributed by atoms with Gasteiger partial charge in [-0.1, -0.05) is 18.2 Å². The number of ether oxygens (including phenoxy) is 2. The number of pyridine rings is 1. The number of carbonyl (C=O) groups is 2. The van der Waals surface area contributed by atoms with E-state index < -0.39 is 33.7 Å². The van der Waals surface area contributed by atoms with Gasteiger partial charge < -0.3 is 27.9 Å². The van der Waals surface area contributed by atoms with E-state index in [0.29, 0.717) is 5.75 Å². The van der Waals surface area contributed by atoms with Crippen LogP contribution < -0.4 is 24.0 Å². The van der Waals surface area contributed by atoms with Gasteiger partial charge in [0, 0.05) is 46.3 Å². The molecule has 0 saturated carbocycles. The van der Waals surface area contributed by atoms with Gasteiger partial charge in [0.25, 0.3) is 15.9 Å². The number of methoxy groups -OCH3 is 2. The van der Waals surface area contributed by atoms with Crippen LogP contribution in [-0.4, -0.2) is 82.7 Å². The quantitative estimate of drug-likeness (QED) is 0.313. The minimum Gasteiger partial charge on any atom is -0.481 e. The Morgan fingerprint density at radius 1 is 0.927 bits per heavy atom. The van der Waals surface area contributed by atoms with Gasteiger partial charge in [-0.05, 0) is 24.3 Å². The van der Waals surface area contributed by atoms with Gasteiger partial charge in [-0.2, -0.15) is 18.4 Å². The lowest BCUT2D eigenvalue weighted by Crippen LogP contribution is -2.36. The molecule has 0 fully saturated rings. The lowest BCUT2D eigenvalue weighted by atomic mass is 10.2. The zero-order valence-electron chi connectivity index (χ0n) is 22.9. The van der Waals surface area contributed by atoms with Gasteiger partial charge in [0.15, 0.2) is 5.03 Å². The first-order valence-electron chi connectivity index (χ1n) is 11.3. The number of para-hydroxylation sites is 1. The zero-order valence-corrected chi connectivity index (χ0v) is 25.5. The van der Waals surface area contributed by atoms with E-state index >= 15 is 0 Å². The molecule has 0 bridgehead atoms. The summed E-state index contributed by atoms with van der Waals surface area (Å²) in [6, 6.07) is 12.1. The second-order valence-electron chi connectivity index (χ2n) is 7.61. The third-order valence-corrected chi connectivity index (χ3v) is 8.36. The topological polar surface area (TPSA) is 180 Å². The average molecular weight is 629 g/mol. The number of nitrogens with one attached hydrogen (secondary N) is 2. The van der Waals surface area contributed by atoms with Crippen molar-refractivity contribution in [3.8, 4) is 17.5 Å². The molecule has 0 atom stereocenters. The van der Waals surface area contributed by atoms with Gasteiger partial charge in [-0.25, -0.2) is 14.5 Å². The molecular formula is C23H29N6O9PS2. The number of anilines is 1. The van der Waals surface area contributed by atoms with Gasteiger partial charge >= 0.3 is 12.7 Å². The molecule has 41 heavy (non-hydrogen) atoms. The third-order valence-electron chi connectivity index (χ3n) is 4.62. The fraction of sp³-hybridized carbons (Fsp3) is 0.261. The first kappa shape index (κ1) is 33.3. The van der Waals surface area contributed by atoms with Gasteiger partial charge in [0.05, 0.1) is 25.8 Å². The Morgan fingerprint density at radius 2 is 1.51 bits per heavy atom. The summed E-state index contributed by atoms with van der Waals surface area (Å²) in [5, 5.41) is 1.56. The number of aromatic nitrogens is 3. The maximum Gasteiger partial charge on any atom is 0.380 e. The van der Waals surface area contributed by atoms with Crippen molar-refractivity contribution in [2.45, 2.75) is 5.03 Å². The number of urea groups is 1. The summed E-state index contributed by atoms with van der Waals surface area (Å²) >= 11 is 5.03. The molecule has 0 unspecified atom stereocenters. The molecule has 2 heterocycles. The van der Waals surface area contributed by atoms with Crippen molar-refractivity contribution in [3.63, 3.8) is 0 Å². The maximum absolute atomic E-state index is 12.5. The third kappa shape index (κ3) is 9.91. The molecule has 18 heteroatoms. The molecule has 0 aliphatic carbocycles. The van der Waals surface area contributed by atoms with Crippen LogP contribution in [0.15, 0.2) is 59.8 Å². The van der Waals surface area contributed by atoms with Crippen molar-refractivity contribution in [1.29, 1.82) is 0 Å². The Balaban J connectivity index is 0.000000377. The number of amides is 3. The molecule has 0 aliphatic heterocycles. The normalized spacial score (nSPS) is 10.9. The Bertz CT molecular complexity index is 1460. The summed E-state index contributed by atoms with van der Waals surface area (Å²) in [6.07, 6.45) is 1.19. The maximum atomic E-state index is 12.5. The zero-order chi connectivity index (χ0) is 30.6. The van der Waals surface area contributed by atoms with E-state index in [2.05, 4.69) is 20.3 Å². The Labute approximate surface area is 242 Å². The molecule has 2 N–H and O–H groups in total. The number of carbonyl (C=O) groups excluding carboxylic acids is 2. The van der Waals surface area contributed by atoms with E-state index in [4.69, 9.17) is 34.9 Å². The Hall–Kier alpha value is -3.89. The summed E-state index contributed by atoms with van der Waals surface area (Å²) < 4.78 is 52.0. The van der Waals surface area contributed by atoms with E-state index in [1.54, 1.807) is 16.9 Å². The van der Waals surface area contributed by atoms with Crippen molar-refractivity contribution in [2.24, 2.45) is 0 Å². The highest BCUT2D eigenvalue weighted by Crippen LogP contribution is 2.47. The number of rotatable bonds is 10. The molecule has 3 amide bonds. The molecule has 0 aliphatic rings. The monoisotopic (exact) mass is 628 g/mol. The number of nitrogens with zero attached hydrogens (tertiary/aromatic N) is 4. The molecule has 0 spiro atoms. The van der Waals surface area contributed by atoms with Crippen LogP contribution in [0.3, 0.4) is 0 Å². The lowest BCUT2D eigenvalue weighted by Gasteiger charge is -2.17. The fourth-order valence-corrected chi connectivity index (χ4v) is 4.71. The highest BCUT2D eigenvalue weighted by Gasteiger charge is 2.27. The lowest BCUT2D eigenvalue weighted by molar-refractivity contribution is 0.0823. The van der Waals surface area contributed by atoms with Crippen LogP contribution >= 0.6 is 6.72 Å². The second kappa shape index (κ2) is 15.2. The van der Waals surface area contributed by atoms with Gasteiger partial charge in [-0.3, -0.25) is 10.1 Å². The number of benzene rings is 1. The van der Waals surface area contributed by atoms with Crippen LogP contribution in [0.2, 0.25) is 0 Å². The molecule has 3 aromatic rings. The first-order chi connectivity index (χ1) is 19.4. The minimum atomic E-state index is -4.46. The van der Waals surface area contributed by atoms with E-state index in [0.717, 1.165) is 0 Å². The summed E-state index contributed by atoms with van der Waals surface area (Å²) in [5.41, 5.74) is -0.188. The summed E-state index contributed by atoms with van der Waals surface area (Å²) in [5.74, 6) is 0.000919. The standard InChI is InChI=1S/C15H18N6O6S.C8H11O3PS/c1-21(2)13(22)9-6-5-7-16-12(9)28(24,25)20-15(23)19-14-17-10(26-3)8-11(18-14)27-4;1-9-12(13,10-2)11-8-6-4-3-5-7-8/h5-8H,1-4H3,(H2,17,18,19,20,23);3-7H,1-2H3. The van der Waals surface area contributed by atoms with Crippen LogP contribution in [0.25, 0.3) is 0 Å². The highest BCUT2D eigenvalue weighted by molar-refractivity contribution is 8.07. The highest BCUT2D eigenvalue weighted by atomic mass is 32.5. The van der Waals surface area contributed by atoms with Crippen molar-refractivity contribution in [3.05, 3.63) is 60.3 Å². The van der Waals surface area contributed by atoms with E-state index in [9.17, 15) is 18.0 Å². The number of sulfonamides is 1. The Kier molecular flexibility index (Phi) is 12.4. The molecule has 15 nitrogen and oxygen atoms in total. The molecule has 222 valence electrons. The smallest absolute Gasteiger partial charge is 0.380 e. The van der Waals surface area contributed by atoms with Crippen LogP contribution in [0.5, 0.6) is 17.5 Å². The van der Waals surface area contributed by atoms with Crippen LogP contribution in [-0.2, 0) is 30.9 Å². The molecule has 0 saturated heterocycles. The summed E-state index contributed by atoms with van der Waals surface area (Å²) in [7, 11) is 4.11. The molecule has 0 radical (unpaired) electrons. The van der Waals surface area contributed by atoms with Gasteiger partial charge in [0.2, 0.25) is 17.7 Å². The van der Waals surface area contributed by atoms with Crippen molar-refractivity contribution in [2.75, 3.05) is 47.9 Å². The van der Waals surface area contributed by atoms with E-state index in [1.165, 1.54) is 71.8 Å². The van der Waals surface area contributed by atoms with Crippen LogP contribution in [0, 0.1) is 0 Å². The average Bonchev–Trinajstić information content (AvgIpc) is 2.96. The summed E-state index contributed by atoms with van der Waals surface area (Å²) in [4.78, 5) is 36.9. The van der Waals surface area contributed by atoms with E-state index in [1.807, 2.05) is 18.2 Å². The van der Waals surface area contributed by atoms with Crippen LogP contribution in [0.4, 0.5) is 10.7 Å². The number of hydrogen-bond acceptors (Lipinski definition) is 13. The molecule has 2 aromatic heterocycles. The SMILES string of the molecule is COP(=S)(OC)Oc1ccccc1.COc1cc(OC)nc(NC(=O)NS(=O)(=O)c2ncccc2C(=O)N(C)C)n1. The Morgan fingerprint density at radius 3 is 2.02 bits per heavy atom. The largest absolute Gasteiger partial charge is 0.481 e. The predicted molar refractivity (Wildman–Crippen MR) is 152 cm³/mol. The van der Waals surface area contributed by atoms with Gasteiger partial charge in [-0.15, -0.1) is 0 Å². The van der Waals surface area contributed by atoms with Gasteiger partial charge in [0.1, 0.15) is 5.75 Å².